The molecule has 11 nitrogen and oxygen atoms in total. The molecule has 1 saturated heterocycles. The molecule has 2 aliphatic heterocycles. The maximum absolute atomic E-state index is 13.3. The molecule has 194 valence electrons. The number of alkyl halides is 3. The van der Waals surface area contributed by atoms with Gasteiger partial charge in [-0.1, -0.05) is 0 Å². The monoisotopic (exact) mass is 526 g/mol. The van der Waals surface area contributed by atoms with Crippen molar-refractivity contribution in [2.45, 2.75) is 57.8 Å². The number of aromatic nitrogens is 5. The van der Waals surface area contributed by atoms with E-state index in [0.717, 1.165) is 14.8 Å². The van der Waals surface area contributed by atoms with Crippen molar-refractivity contribution in [1.29, 1.82) is 0 Å². The predicted octanol–water partition coefficient (Wildman–Crippen LogP) is 1.07. The number of hydrogen-bond acceptors (Lipinski definition) is 10. The first kappa shape index (κ1) is 24.6. The Bertz CT molecular complexity index is 1320. The van der Waals surface area contributed by atoms with Crippen LogP contribution in [0.5, 0.6) is 0 Å². The van der Waals surface area contributed by atoms with E-state index in [0.29, 0.717) is 16.6 Å². The number of rotatable bonds is 4. The van der Waals surface area contributed by atoms with Crippen LogP contribution in [0.1, 0.15) is 30.4 Å². The third-order valence-electron chi connectivity index (χ3n) is 6.23. The molecule has 15 heteroatoms. The summed E-state index contributed by atoms with van der Waals surface area (Å²) in [5.41, 5.74) is -1.59. The third kappa shape index (κ3) is 4.46. The van der Waals surface area contributed by atoms with Crippen LogP contribution in [-0.4, -0.2) is 78.2 Å². The number of fused-ring (bicyclic) bond motifs is 2. The van der Waals surface area contributed by atoms with Gasteiger partial charge in [-0.2, -0.15) is 18.2 Å². The summed E-state index contributed by atoms with van der Waals surface area (Å²) < 4.78 is 40.8. The zero-order valence-electron chi connectivity index (χ0n) is 19.7. The van der Waals surface area contributed by atoms with E-state index >= 15 is 0 Å². The lowest BCUT2D eigenvalue weighted by Crippen LogP contribution is -2.50. The second-order valence-electron chi connectivity index (χ2n) is 9.55. The molecule has 3 aromatic rings. The van der Waals surface area contributed by atoms with Crippen molar-refractivity contribution in [3.05, 3.63) is 22.6 Å². The molecule has 1 fully saturated rings. The lowest BCUT2D eigenvalue weighted by Gasteiger charge is -2.30. The van der Waals surface area contributed by atoms with Crippen molar-refractivity contribution >= 4 is 39.2 Å². The van der Waals surface area contributed by atoms with Gasteiger partial charge in [0.2, 0.25) is 11.8 Å². The number of halogens is 3. The van der Waals surface area contributed by atoms with Crippen LogP contribution in [0.3, 0.4) is 0 Å². The zero-order chi connectivity index (χ0) is 26.0. The number of β-amino-alcohol motifs (C(OH)–C–C–N with tert-alkyl or cyclic N) is 1. The van der Waals surface area contributed by atoms with E-state index < -0.39 is 35.7 Å². The standard InChI is InChI=1S/C21H25F3N8O3S/c1-10-6-11-15(30-4-5-32-14(9-30)28-29-17(32)21(22,23)24)26-19(27-16(11)36-10)31-7-12(13(33)8-31)25-18(34)20(2,3)35/h6,12-13,33,35H,4-5,7-9H2,1-3H3,(H,25,34). The highest BCUT2D eigenvalue weighted by Gasteiger charge is 2.40. The summed E-state index contributed by atoms with van der Waals surface area (Å²) >= 11 is 1.46. The second-order valence-corrected chi connectivity index (χ2v) is 10.8. The molecule has 2 atom stereocenters. The summed E-state index contributed by atoms with van der Waals surface area (Å²) in [7, 11) is 0. The number of thiophene rings is 1. The van der Waals surface area contributed by atoms with Crippen molar-refractivity contribution in [3.63, 3.8) is 0 Å². The number of anilines is 2. The Morgan fingerprint density at radius 1 is 1.17 bits per heavy atom. The van der Waals surface area contributed by atoms with Crippen LogP contribution in [0.2, 0.25) is 0 Å². The number of nitrogens with one attached hydrogen (secondary N) is 1. The van der Waals surface area contributed by atoms with Crippen LogP contribution in [0.15, 0.2) is 6.07 Å². The Labute approximate surface area is 207 Å². The molecule has 0 radical (unpaired) electrons. The topological polar surface area (TPSA) is 133 Å². The maximum atomic E-state index is 13.3. The highest BCUT2D eigenvalue weighted by Crippen LogP contribution is 2.36. The molecule has 3 N–H and O–H groups in total. The van der Waals surface area contributed by atoms with Gasteiger partial charge in [0, 0.05) is 31.1 Å². The van der Waals surface area contributed by atoms with Crippen LogP contribution >= 0.6 is 11.3 Å². The van der Waals surface area contributed by atoms with Gasteiger partial charge >= 0.3 is 6.18 Å². The normalized spacial score (nSPS) is 20.8. The van der Waals surface area contributed by atoms with E-state index in [4.69, 9.17) is 4.98 Å². The molecule has 1 amide bonds. The Morgan fingerprint density at radius 3 is 2.61 bits per heavy atom. The number of aliphatic hydroxyl groups excluding tert-OH is 1. The quantitative estimate of drug-likeness (QED) is 0.457. The average molecular weight is 527 g/mol. The van der Waals surface area contributed by atoms with Gasteiger partial charge in [0.05, 0.1) is 24.1 Å². The predicted molar refractivity (Wildman–Crippen MR) is 125 cm³/mol. The number of aryl methyl sites for hydroxylation is 1. The summed E-state index contributed by atoms with van der Waals surface area (Å²) in [5, 5.41) is 31.0. The van der Waals surface area contributed by atoms with Gasteiger partial charge in [0.15, 0.2) is 5.82 Å². The van der Waals surface area contributed by atoms with Crippen molar-refractivity contribution < 1.29 is 28.2 Å². The van der Waals surface area contributed by atoms with Gasteiger partial charge in [0.25, 0.3) is 5.91 Å². The Balaban J connectivity index is 1.44. The average Bonchev–Trinajstić information content (AvgIpc) is 3.47. The van der Waals surface area contributed by atoms with Crippen LogP contribution < -0.4 is 15.1 Å². The molecular formula is C21H25F3N8O3S. The fraction of sp³-hybridized carbons (Fsp3) is 0.571. The second kappa shape index (κ2) is 8.52. The fourth-order valence-electron chi connectivity index (χ4n) is 4.38. The summed E-state index contributed by atoms with van der Waals surface area (Å²) in [5.74, 6) is -0.529. The van der Waals surface area contributed by atoms with Gasteiger partial charge in [-0.05, 0) is 26.8 Å². The van der Waals surface area contributed by atoms with Crippen LogP contribution in [-0.2, 0) is 24.1 Å². The van der Waals surface area contributed by atoms with Gasteiger partial charge in [0.1, 0.15) is 16.2 Å². The van der Waals surface area contributed by atoms with Gasteiger partial charge in [-0.25, -0.2) is 4.98 Å². The minimum Gasteiger partial charge on any atom is -0.389 e. The highest BCUT2D eigenvalue weighted by molar-refractivity contribution is 7.18. The molecule has 3 aromatic heterocycles. The number of hydrogen-bond donors (Lipinski definition) is 3. The van der Waals surface area contributed by atoms with Crippen LogP contribution in [0, 0.1) is 6.92 Å². The summed E-state index contributed by atoms with van der Waals surface area (Å²) in [6.45, 7) is 5.45. The van der Waals surface area contributed by atoms with E-state index in [1.54, 1.807) is 4.90 Å². The molecule has 0 bridgehead atoms. The molecule has 2 aliphatic rings. The molecule has 0 saturated carbocycles. The lowest BCUT2D eigenvalue weighted by atomic mass is 10.1. The molecule has 0 aromatic carbocycles. The lowest BCUT2D eigenvalue weighted by molar-refractivity contribution is -0.147. The van der Waals surface area contributed by atoms with Crippen LogP contribution in [0.4, 0.5) is 24.9 Å². The number of amides is 1. The largest absolute Gasteiger partial charge is 0.451 e. The number of aliphatic hydroxyl groups is 2. The molecule has 0 aliphatic carbocycles. The summed E-state index contributed by atoms with van der Waals surface area (Å²) in [6.07, 6.45) is -5.49. The van der Waals surface area contributed by atoms with E-state index in [-0.39, 0.29) is 38.5 Å². The molecule has 2 unspecified atom stereocenters. The molecule has 36 heavy (non-hydrogen) atoms. The van der Waals surface area contributed by atoms with Gasteiger partial charge < -0.3 is 29.9 Å². The first-order valence-electron chi connectivity index (χ1n) is 11.3. The van der Waals surface area contributed by atoms with Gasteiger partial charge in [-0.15, -0.1) is 21.5 Å². The molecule has 5 heterocycles. The van der Waals surface area contributed by atoms with Crippen molar-refractivity contribution in [2.24, 2.45) is 0 Å². The van der Waals surface area contributed by atoms with E-state index in [1.165, 1.54) is 25.2 Å². The zero-order valence-corrected chi connectivity index (χ0v) is 20.6. The first-order valence-corrected chi connectivity index (χ1v) is 12.1. The Kier molecular flexibility index (Phi) is 5.83. The van der Waals surface area contributed by atoms with E-state index in [2.05, 4.69) is 20.5 Å². The first-order chi connectivity index (χ1) is 16.8. The summed E-state index contributed by atoms with van der Waals surface area (Å²) in [6, 6.07) is 1.30. The third-order valence-corrected chi connectivity index (χ3v) is 7.18. The Morgan fingerprint density at radius 2 is 1.92 bits per heavy atom. The van der Waals surface area contributed by atoms with Crippen molar-refractivity contribution in [2.75, 3.05) is 29.4 Å². The number of carbonyl (C=O) groups is 1. The highest BCUT2D eigenvalue weighted by atomic mass is 32.1. The minimum atomic E-state index is -4.58. The molecule has 0 spiro atoms. The maximum Gasteiger partial charge on any atom is 0.451 e. The van der Waals surface area contributed by atoms with E-state index in [1.807, 2.05) is 17.9 Å². The smallest absolute Gasteiger partial charge is 0.389 e. The van der Waals surface area contributed by atoms with Crippen LogP contribution in [0.25, 0.3) is 10.2 Å². The van der Waals surface area contributed by atoms with Crippen molar-refractivity contribution in [1.82, 2.24) is 30.0 Å². The van der Waals surface area contributed by atoms with Crippen molar-refractivity contribution in [3.8, 4) is 0 Å². The van der Waals surface area contributed by atoms with E-state index in [9.17, 15) is 28.2 Å². The number of nitrogens with zero attached hydrogens (tertiary/aromatic N) is 7. The summed E-state index contributed by atoms with van der Waals surface area (Å²) in [4.78, 5) is 26.9. The SMILES string of the molecule is Cc1cc2c(N3CCn4c(nnc4C(F)(F)F)C3)nc(N3CC(O)C(NC(=O)C(C)(C)O)C3)nc2s1. The minimum absolute atomic E-state index is 0.0502. The molecular weight excluding hydrogens is 501 g/mol. The molecule has 5 rings (SSSR count). The number of carbonyl (C=O) groups excluding carboxylic acids is 1. The van der Waals surface area contributed by atoms with Gasteiger partial charge in [-0.3, -0.25) is 4.79 Å². The Hall–Kier alpha value is -3.04. The fourth-order valence-corrected chi connectivity index (χ4v) is 5.25.